The standard InChI is InChI=1S/C24H42O5/c1-3-4-5-6-7-8-9-10-11-12-13-14-15-16-17-22(23(28)29)21(2)24(18-25,19-26)20-27/h4-5,7-8,10-11,21-22,25-27H,3,6,9,12-20H2,1-2H3,(H,28,29)/b5-4-,8-7-,11-10-. The van der Waals surface area contributed by atoms with E-state index in [9.17, 15) is 25.2 Å². The molecule has 0 bridgehead atoms. The van der Waals surface area contributed by atoms with Gasteiger partial charge >= 0.3 is 5.97 Å². The topological polar surface area (TPSA) is 98.0 Å². The first-order chi connectivity index (χ1) is 14.0. The lowest BCUT2D eigenvalue weighted by molar-refractivity contribution is -0.148. The quantitative estimate of drug-likeness (QED) is 0.197. The van der Waals surface area contributed by atoms with Crippen LogP contribution >= 0.6 is 0 Å². The Morgan fingerprint density at radius 2 is 1.34 bits per heavy atom. The number of hydrogen-bond donors (Lipinski definition) is 4. The van der Waals surface area contributed by atoms with E-state index in [1.165, 1.54) is 0 Å². The summed E-state index contributed by atoms with van der Waals surface area (Å²) in [4.78, 5) is 11.6. The number of carboxylic acids is 1. The fourth-order valence-electron chi connectivity index (χ4n) is 3.40. The smallest absolute Gasteiger partial charge is 0.306 e. The lowest BCUT2D eigenvalue weighted by Gasteiger charge is -2.37. The molecule has 4 N–H and O–H groups in total. The highest BCUT2D eigenvalue weighted by atomic mass is 16.4. The van der Waals surface area contributed by atoms with Gasteiger partial charge in [-0.25, -0.2) is 0 Å². The molecule has 0 heterocycles. The van der Waals surface area contributed by atoms with Gasteiger partial charge in [0.1, 0.15) is 0 Å². The highest BCUT2D eigenvalue weighted by Crippen LogP contribution is 2.35. The van der Waals surface area contributed by atoms with Crippen molar-refractivity contribution < 1.29 is 25.2 Å². The molecule has 0 rings (SSSR count). The van der Waals surface area contributed by atoms with Crippen molar-refractivity contribution in [2.24, 2.45) is 17.3 Å². The molecule has 0 aromatic carbocycles. The highest BCUT2D eigenvalue weighted by molar-refractivity contribution is 5.70. The number of carboxylic acid groups (broad SMARTS) is 1. The van der Waals surface area contributed by atoms with Crippen LogP contribution in [0.1, 0.15) is 71.6 Å². The average molecular weight is 411 g/mol. The molecule has 0 amide bonds. The monoisotopic (exact) mass is 410 g/mol. The number of aliphatic hydroxyl groups is 3. The number of allylic oxidation sites excluding steroid dienone is 6. The van der Waals surface area contributed by atoms with E-state index in [1.54, 1.807) is 6.92 Å². The summed E-state index contributed by atoms with van der Waals surface area (Å²) in [7, 11) is 0. The maximum atomic E-state index is 11.6. The van der Waals surface area contributed by atoms with Crippen molar-refractivity contribution >= 4 is 5.97 Å². The van der Waals surface area contributed by atoms with Gasteiger partial charge in [0.15, 0.2) is 0 Å². The van der Waals surface area contributed by atoms with E-state index in [2.05, 4.69) is 43.4 Å². The number of carbonyl (C=O) groups is 1. The van der Waals surface area contributed by atoms with Gasteiger partial charge in [0.2, 0.25) is 0 Å². The number of unbranched alkanes of at least 4 members (excludes halogenated alkanes) is 4. The Morgan fingerprint density at radius 3 is 1.86 bits per heavy atom. The lowest BCUT2D eigenvalue weighted by atomic mass is 9.70. The van der Waals surface area contributed by atoms with Crippen LogP contribution in [0.15, 0.2) is 36.5 Å². The lowest BCUT2D eigenvalue weighted by Crippen LogP contribution is -2.45. The van der Waals surface area contributed by atoms with Gasteiger partial charge < -0.3 is 20.4 Å². The predicted molar refractivity (Wildman–Crippen MR) is 119 cm³/mol. The fourth-order valence-corrected chi connectivity index (χ4v) is 3.40. The summed E-state index contributed by atoms with van der Waals surface area (Å²) in [6.07, 6.45) is 21.5. The van der Waals surface area contributed by atoms with Gasteiger partial charge in [-0.3, -0.25) is 4.79 Å². The predicted octanol–water partition coefficient (Wildman–Crippen LogP) is 4.49. The molecule has 0 aliphatic heterocycles. The Morgan fingerprint density at radius 1 is 0.828 bits per heavy atom. The van der Waals surface area contributed by atoms with Crippen LogP contribution in [0.5, 0.6) is 0 Å². The first-order valence-corrected chi connectivity index (χ1v) is 11.0. The highest BCUT2D eigenvalue weighted by Gasteiger charge is 2.41. The second kappa shape index (κ2) is 17.4. The Labute approximate surface area is 176 Å². The molecule has 0 fully saturated rings. The van der Waals surface area contributed by atoms with Crippen molar-refractivity contribution in [2.45, 2.75) is 71.6 Å². The zero-order chi connectivity index (χ0) is 22.0. The Kier molecular flexibility index (Phi) is 16.6. The molecular formula is C24H42O5. The molecule has 168 valence electrons. The first kappa shape index (κ1) is 27.6. The van der Waals surface area contributed by atoms with Crippen molar-refractivity contribution in [3.63, 3.8) is 0 Å². The summed E-state index contributed by atoms with van der Waals surface area (Å²) < 4.78 is 0. The van der Waals surface area contributed by atoms with Crippen LogP contribution in [-0.4, -0.2) is 46.2 Å². The minimum atomic E-state index is -1.16. The molecule has 0 aliphatic rings. The van der Waals surface area contributed by atoms with E-state index in [0.717, 1.165) is 51.4 Å². The van der Waals surface area contributed by atoms with Crippen LogP contribution in [0.4, 0.5) is 0 Å². The second-order valence-electron chi connectivity index (χ2n) is 7.86. The van der Waals surface area contributed by atoms with Crippen molar-refractivity contribution in [3.05, 3.63) is 36.5 Å². The summed E-state index contributed by atoms with van der Waals surface area (Å²) in [5.74, 6) is -2.12. The molecule has 2 unspecified atom stereocenters. The van der Waals surface area contributed by atoms with Crippen LogP contribution in [0.2, 0.25) is 0 Å². The van der Waals surface area contributed by atoms with Gasteiger partial charge in [0, 0.05) is 5.41 Å². The Bertz CT molecular complexity index is 483. The Balaban J connectivity index is 4.08. The third-order valence-electron chi connectivity index (χ3n) is 5.75. The zero-order valence-corrected chi connectivity index (χ0v) is 18.3. The van der Waals surface area contributed by atoms with Crippen LogP contribution < -0.4 is 0 Å². The molecule has 5 heteroatoms. The molecule has 5 nitrogen and oxygen atoms in total. The van der Waals surface area contributed by atoms with E-state index >= 15 is 0 Å². The molecule has 0 radical (unpaired) electrons. The van der Waals surface area contributed by atoms with Gasteiger partial charge in [-0.2, -0.15) is 0 Å². The summed E-state index contributed by atoms with van der Waals surface area (Å²) in [6, 6.07) is 0. The largest absolute Gasteiger partial charge is 0.481 e. The summed E-state index contributed by atoms with van der Waals surface area (Å²) in [5.41, 5.74) is -1.16. The van der Waals surface area contributed by atoms with Gasteiger partial charge in [-0.1, -0.05) is 69.6 Å². The first-order valence-electron chi connectivity index (χ1n) is 11.0. The Hall–Kier alpha value is -1.43. The molecule has 29 heavy (non-hydrogen) atoms. The zero-order valence-electron chi connectivity index (χ0n) is 18.3. The molecular weight excluding hydrogens is 368 g/mol. The van der Waals surface area contributed by atoms with Gasteiger partial charge in [-0.15, -0.1) is 0 Å². The van der Waals surface area contributed by atoms with Crippen LogP contribution in [0.25, 0.3) is 0 Å². The van der Waals surface area contributed by atoms with Crippen LogP contribution in [0, 0.1) is 17.3 Å². The van der Waals surface area contributed by atoms with Crippen molar-refractivity contribution in [1.82, 2.24) is 0 Å². The SMILES string of the molecule is CC/C=C\C/C=C\C/C=C\CCCCCCC(C(=O)O)C(C)C(CO)(CO)CO. The van der Waals surface area contributed by atoms with Gasteiger partial charge in [0.25, 0.3) is 0 Å². The van der Waals surface area contributed by atoms with E-state index in [4.69, 9.17) is 0 Å². The maximum Gasteiger partial charge on any atom is 0.306 e. The number of hydrogen-bond acceptors (Lipinski definition) is 4. The fraction of sp³-hybridized carbons (Fsp3) is 0.708. The number of aliphatic hydroxyl groups excluding tert-OH is 3. The number of rotatable bonds is 18. The molecule has 2 atom stereocenters. The summed E-state index contributed by atoms with van der Waals surface area (Å²) in [5, 5.41) is 38.2. The van der Waals surface area contributed by atoms with Gasteiger partial charge in [0.05, 0.1) is 25.7 Å². The maximum absolute atomic E-state index is 11.6. The van der Waals surface area contributed by atoms with E-state index < -0.39 is 43.0 Å². The minimum Gasteiger partial charge on any atom is -0.481 e. The second-order valence-corrected chi connectivity index (χ2v) is 7.86. The van der Waals surface area contributed by atoms with Crippen molar-refractivity contribution in [2.75, 3.05) is 19.8 Å². The van der Waals surface area contributed by atoms with Crippen molar-refractivity contribution in [1.29, 1.82) is 0 Å². The summed E-state index contributed by atoms with van der Waals surface area (Å²) in [6.45, 7) is 2.54. The van der Waals surface area contributed by atoms with Gasteiger partial charge in [-0.05, 0) is 44.4 Å². The molecule has 0 saturated heterocycles. The van der Waals surface area contributed by atoms with Crippen LogP contribution in [0.3, 0.4) is 0 Å². The van der Waals surface area contributed by atoms with E-state index in [1.807, 2.05) is 0 Å². The third-order valence-corrected chi connectivity index (χ3v) is 5.75. The minimum absolute atomic E-state index is 0.429. The third kappa shape index (κ3) is 11.4. The molecule has 0 aromatic heterocycles. The molecule has 0 saturated carbocycles. The van der Waals surface area contributed by atoms with Crippen LogP contribution in [-0.2, 0) is 4.79 Å². The number of aliphatic carboxylic acids is 1. The average Bonchev–Trinajstić information content (AvgIpc) is 2.72. The summed E-state index contributed by atoms with van der Waals surface area (Å²) >= 11 is 0. The van der Waals surface area contributed by atoms with Crippen molar-refractivity contribution in [3.8, 4) is 0 Å². The molecule has 0 aliphatic carbocycles. The molecule has 0 spiro atoms. The normalized spacial score (nSPS) is 14.9. The van der Waals surface area contributed by atoms with E-state index in [0.29, 0.717) is 6.42 Å². The molecule has 0 aromatic rings. The van der Waals surface area contributed by atoms with E-state index in [-0.39, 0.29) is 0 Å².